The van der Waals surface area contributed by atoms with Gasteiger partial charge in [-0.1, -0.05) is 28.1 Å². The van der Waals surface area contributed by atoms with Gasteiger partial charge in [-0.05, 0) is 30.3 Å². The van der Waals surface area contributed by atoms with Crippen molar-refractivity contribution >= 4 is 26.8 Å². The van der Waals surface area contributed by atoms with Crippen LogP contribution in [0.25, 0.3) is 16.6 Å². The minimum atomic E-state index is 0.239. The van der Waals surface area contributed by atoms with Crippen molar-refractivity contribution in [2.45, 2.75) is 0 Å². The SMILES string of the molecule is Oc1cccc2cnn(-c3ccc(Br)cc3)c12. The zero-order chi connectivity index (χ0) is 11.8. The molecule has 0 radical (unpaired) electrons. The van der Waals surface area contributed by atoms with Gasteiger partial charge in [0.1, 0.15) is 11.3 Å². The largest absolute Gasteiger partial charge is 0.506 e. The predicted octanol–water partition coefficient (Wildman–Crippen LogP) is 3.49. The molecule has 0 saturated carbocycles. The minimum absolute atomic E-state index is 0.239. The Hall–Kier alpha value is -1.81. The van der Waals surface area contributed by atoms with Crippen LogP contribution in [0.5, 0.6) is 5.75 Å². The van der Waals surface area contributed by atoms with Crippen LogP contribution in [-0.2, 0) is 0 Å². The van der Waals surface area contributed by atoms with Crippen molar-refractivity contribution in [1.29, 1.82) is 0 Å². The molecule has 0 aliphatic carbocycles. The lowest BCUT2D eigenvalue weighted by Crippen LogP contribution is -1.95. The Morgan fingerprint density at radius 3 is 2.59 bits per heavy atom. The normalized spacial score (nSPS) is 10.9. The Balaban J connectivity index is 2.27. The van der Waals surface area contributed by atoms with E-state index in [0.717, 1.165) is 21.1 Å². The van der Waals surface area contributed by atoms with E-state index in [9.17, 15) is 5.11 Å². The molecular weight excluding hydrogens is 280 g/mol. The van der Waals surface area contributed by atoms with Crippen LogP contribution in [0.3, 0.4) is 0 Å². The number of aromatic nitrogens is 2. The van der Waals surface area contributed by atoms with Crippen LogP contribution in [-0.4, -0.2) is 14.9 Å². The Kier molecular flexibility index (Phi) is 2.37. The summed E-state index contributed by atoms with van der Waals surface area (Å²) in [5.41, 5.74) is 1.65. The molecule has 3 rings (SSSR count). The summed E-state index contributed by atoms with van der Waals surface area (Å²) in [6, 6.07) is 13.2. The molecule has 4 heteroatoms. The maximum atomic E-state index is 9.89. The van der Waals surface area contributed by atoms with Crippen molar-refractivity contribution in [3.8, 4) is 11.4 Å². The van der Waals surface area contributed by atoms with E-state index < -0.39 is 0 Å². The monoisotopic (exact) mass is 288 g/mol. The molecule has 1 aromatic heterocycles. The molecule has 0 aliphatic rings. The lowest BCUT2D eigenvalue weighted by atomic mass is 10.2. The zero-order valence-corrected chi connectivity index (χ0v) is 10.4. The van der Waals surface area contributed by atoms with E-state index in [1.807, 2.05) is 36.4 Å². The highest BCUT2D eigenvalue weighted by molar-refractivity contribution is 9.10. The second-order valence-corrected chi connectivity index (χ2v) is 4.66. The third-order valence-electron chi connectivity index (χ3n) is 2.64. The number of rotatable bonds is 1. The van der Waals surface area contributed by atoms with Gasteiger partial charge < -0.3 is 5.11 Å². The van der Waals surface area contributed by atoms with Crippen molar-refractivity contribution < 1.29 is 5.11 Å². The first-order valence-corrected chi connectivity index (χ1v) is 5.97. The van der Waals surface area contributed by atoms with Gasteiger partial charge >= 0.3 is 0 Å². The summed E-state index contributed by atoms with van der Waals surface area (Å²) in [4.78, 5) is 0. The fourth-order valence-electron chi connectivity index (χ4n) is 1.84. The average Bonchev–Trinajstić information content (AvgIpc) is 2.75. The minimum Gasteiger partial charge on any atom is -0.506 e. The van der Waals surface area contributed by atoms with E-state index >= 15 is 0 Å². The van der Waals surface area contributed by atoms with E-state index in [4.69, 9.17) is 0 Å². The summed E-state index contributed by atoms with van der Waals surface area (Å²) < 4.78 is 2.75. The molecule has 0 atom stereocenters. The quantitative estimate of drug-likeness (QED) is 0.744. The molecule has 0 saturated heterocycles. The predicted molar refractivity (Wildman–Crippen MR) is 70.4 cm³/mol. The van der Waals surface area contributed by atoms with Crippen LogP contribution in [0.2, 0.25) is 0 Å². The standard InChI is InChI=1S/C13H9BrN2O/c14-10-4-6-11(7-5-10)16-13-9(8-15-16)2-1-3-12(13)17/h1-8,17H. The van der Waals surface area contributed by atoms with Gasteiger partial charge in [0, 0.05) is 9.86 Å². The van der Waals surface area contributed by atoms with Crippen LogP contribution in [0, 0.1) is 0 Å². The number of para-hydroxylation sites is 1. The summed E-state index contributed by atoms with van der Waals surface area (Å²) >= 11 is 3.39. The summed E-state index contributed by atoms with van der Waals surface area (Å²) in [5, 5.41) is 15.1. The fraction of sp³-hybridized carbons (Fsp3) is 0. The molecule has 84 valence electrons. The van der Waals surface area contributed by atoms with E-state index in [2.05, 4.69) is 21.0 Å². The second kappa shape index (κ2) is 3.89. The molecule has 3 nitrogen and oxygen atoms in total. The molecule has 17 heavy (non-hydrogen) atoms. The van der Waals surface area contributed by atoms with Crippen molar-refractivity contribution in [1.82, 2.24) is 9.78 Å². The van der Waals surface area contributed by atoms with Gasteiger partial charge in [0.05, 0.1) is 11.9 Å². The van der Waals surface area contributed by atoms with Crippen molar-refractivity contribution in [3.63, 3.8) is 0 Å². The number of benzene rings is 2. The van der Waals surface area contributed by atoms with Crippen LogP contribution >= 0.6 is 15.9 Å². The summed E-state index contributed by atoms with van der Waals surface area (Å²) in [5.74, 6) is 0.239. The maximum Gasteiger partial charge on any atom is 0.141 e. The molecule has 1 N–H and O–H groups in total. The molecule has 0 unspecified atom stereocenters. The average molecular weight is 289 g/mol. The molecule has 2 aromatic carbocycles. The highest BCUT2D eigenvalue weighted by Gasteiger charge is 2.08. The smallest absolute Gasteiger partial charge is 0.141 e. The Morgan fingerprint density at radius 2 is 1.82 bits per heavy atom. The van der Waals surface area contributed by atoms with Crippen LogP contribution in [0.15, 0.2) is 53.1 Å². The highest BCUT2D eigenvalue weighted by atomic mass is 79.9. The van der Waals surface area contributed by atoms with Gasteiger partial charge in [-0.2, -0.15) is 5.10 Å². The van der Waals surface area contributed by atoms with Crippen molar-refractivity contribution in [3.05, 3.63) is 53.1 Å². The summed E-state index contributed by atoms with van der Waals surface area (Å²) in [6.07, 6.45) is 1.75. The molecule has 3 aromatic rings. The van der Waals surface area contributed by atoms with Crippen LogP contribution in [0.4, 0.5) is 0 Å². The molecule has 0 aliphatic heterocycles. The van der Waals surface area contributed by atoms with E-state index in [1.54, 1.807) is 16.9 Å². The maximum absolute atomic E-state index is 9.89. The van der Waals surface area contributed by atoms with Gasteiger partial charge in [0.25, 0.3) is 0 Å². The lowest BCUT2D eigenvalue weighted by Gasteiger charge is -2.04. The zero-order valence-electron chi connectivity index (χ0n) is 8.84. The number of halogens is 1. The Labute approximate surface area is 106 Å². The number of hydrogen-bond acceptors (Lipinski definition) is 2. The highest BCUT2D eigenvalue weighted by Crippen LogP contribution is 2.26. The Morgan fingerprint density at radius 1 is 1.06 bits per heavy atom. The molecule has 1 heterocycles. The van der Waals surface area contributed by atoms with Gasteiger partial charge in [-0.25, -0.2) is 4.68 Å². The van der Waals surface area contributed by atoms with Gasteiger partial charge in [0.2, 0.25) is 0 Å². The third-order valence-corrected chi connectivity index (χ3v) is 3.17. The number of phenols is 1. The topological polar surface area (TPSA) is 38.1 Å². The first-order chi connectivity index (χ1) is 8.25. The number of hydrogen-bond donors (Lipinski definition) is 1. The van der Waals surface area contributed by atoms with E-state index in [1.165, 1.54) is 0 Å². The van der Waals surface area contributed by atoms with Gasteiger partial charge in [0.15, 0.2) is 0 Å². The van der Waals surface area contributed by atoms with Crippen LogP contribution < -0.4 is 0 Å². The molecule has 0 fully saturated rings. The molecular formula is C13H9BrN2O. The summed E-state index contributed by atoms with van der Waals surface area (Å²) in [6.45, 7) is 0. The van der Waals surface area contributed by atoms with E-state index in [0.29, 0.717) is 0 Å². The Bertz CT molecular complexity index is 673. The van der Waals surface area contributed by atoms with E-state index in [-0.39, 0.29) is 5.75 Å². The molecule has 0 spiro atoms. The number of phenolic OH excluding ortho intramolecular Hbond substituents is 1. The number of aromatic hydroxyl groups is 1. The number of nitrogens with zero attached hydrogens (tertiary/aromatic N) is 2. The first-order valence-electron chi connectivity index (χ1n) is 5.17. The summed E-state index contributed by atoms with van der Waals surface area (Å²) in [7, 11) is 0. The van der Waals surface area contributed by atoms with Crippen LogP contribution in [0.1, 0.15) is 0 Å². The van der Waals surface area contributed by atoms with Gasteiger partial charge in [-0.3, -0.25) is 0 Å². The molecule has 0 bridgehead atoms. The van der Waals surface area contributed by atoms with Crippen molar-refractivity contribution in [2.24, 2.45) is 0 Å². The second-order valence-electron chi connectivity index (χ2n) is 3.75. The molecule has 0 amide bonds. The fourth-order valence-corrected chi connectivity index (χ4v) is 2.10. The van der Waals surface area contributed by atoms with Gasteiger partial charge in [-0.15, -0.1) is 0 Å². The number of fused-ring (bicyclic) bond motifs is 1. The lowest BCUT2D eigenvalue weighted by molar-refractivity contribution is 0.479. The van der Waals surface area contributed by atoms with Crippen molar-refractivity contribution in [2.75, 3.05) is 0 Å². The third kappa shape index (κ3) is 1.70. The first kappa shape index (κ1) is 10.4.